The van der Waals surface area contributed by atoms with E-state index in [1.807, 2.05) is 0 Å². The zero-order valence-corrected chi connectivity index (χ0v) is 29.2. The van der Waals surface area contributed by atoms with Crippen molar-refractivity contribution in [2.24, 2.45) is 0 Å². The summed E-state index contributed by atoms with van der Waals surface area (Å²) in [6, 6.07) is 0. The van der Waals surface area contributed by atoms with Gasteiger partial charge in [-0.3, -0.25) is 0 Å². The van der Waals surface area contributed by atoms with Crippen LogP contribution in [0.15, 0.2) is 0 Å². The minimum Gasteiger partial charge on any atom is -0.394 e. The van der Waals surface area contributed by atoms with Crippen molar-refractivity contribution in [2.75, 3.05) is 33.0 Å². The molecule has 5 aliphatic rings. The number of hydrogen-bond donors (Lipinski definition) is 17. The van der Waals surface area contributed by atoms with Crippen LogP contribution in [0, 0.1) is 0 Å². The van der Waals surface area contributed by atoms with Crippen molar-refractivity contribution in [1.29, 1.82) is 0 Å². The Morgan fingerprint density at radius 2 is 0.661 bits per heavy atom. The Balaban J connectivity index is 1.34. The van der Waals surface area contributed by atoms with Crippen LogP contribution in [0.4, 0.5) is 0 Å². The van der Waals surface area contributed by atoms with Gasteiger partial charge in [0.1, 0.15) is 122 Å². The highest BCUT2D eigenvalue weighted by Crippen LogP contribution is 2.34. The van der Waals surface area contributed by atoms with Crippen LogP contribution in [0.25, 0.3) is 0 Å². The number of aliphatic hydroxyl groups excluding tert-OH is 17. The Morgan fingerprint density at radius 1 is 0.304 bits per heavy atom. The summed E-state index contributed by atoms with van der Waals surface area (Å²) in [6.45, 7) is -4.39. The molecule has 26 nitrogen and oxygen atoms in total. The Kier molecular flexibility index (Phi) is 16.1. The molecular formula is C30H52O26. The number of aliphatic hydroxyl groups is 17. The second-order valence-corrected chi connectivity index (χ2v) is 14.0. The summed E-state index contributed by atoms with van der Waals surface area (Å²) in [5.41, 5.74) is 0. The molecule has 0 radical (unpaired) electrons. The maximum atomic E-state index is 11.1. The summed E-state index contributed by atoms with van der Waals surface area (Å²) in [6.07, 6.45) is -46.7. The molecule has 0 aromatic heterocycles. The van der Waals surface area contributed by atoms with Gasteiger partial charge in [-0.1, -0.05) is 0 Å². The third-order valence-electron chi connectivity index (χ3n) is 10.3. The van der Waals surface area contributed by atoms with E-state index in [0.717, 1.165) is 0 Å². The Labute approximate surface area is 316 Å². The minimum absolute atomic E-state index is 0.838. The monoisotopic (exact) mass is 828 g/mol. The fraction of sp³-hybridized carbons (Fsp3) is 1.00. The molecular weight excluding hydrogens is 776 g/mol. The van der Waals surface area contributed by atoms with E-state index in [1.165, 1.54) is 0 Å². The summed E-state index contributed by atoms with van der Waals surface area (Å²) < 4.78 is 49.6. The molecule has 0 aromatic rings. The first kappa shape index (κ1) is 46.0. The van der Waals surface area contributed by atoms with Crippen LogP contribution in [-0.2, 0) is 42.6 Å². The molecule has 0 amide bonds. The highest BCUT2D eigenvalue weighted by Gasteiger charge is 2.55. The van der Waals surface area contributed by atoms with Crippen molar-refractivity contribution in [1.82, 2.24) is 0 Å². The van der Waals surface area contributed by atoms with E-state index in [0.29, 0.717) is 0 Å². The molecule has 328 valence electrons. The summed E-state index contributed by atoms with van der Waals surface area (Å²) in [4.78, 5) is 0. The number of hydrogen-bond acceptors (Lipinski definition) is 26. The van der Waals surface area contributed by atoms with E-state index in [-0.39, 0.29) is 0 Å². The quantitative estimate of drug-likeness (QED) is 0.0819. The van der Waals surface area contributed by atoms with Crippen molar-refractivity contribution in [3.05, 3.63) is 0 Å². The molecule has 5 aliphatic heterocycles. The van der Waals surface area contributed by atoms with Crippen LogP contribution in [0.5, 0.6) is 0 Å². The van der Waals surface area contributed by atoms with Crippen LogP contribution < -0.4 is 0 Å². The van der Waals surface area contributed by atoms with E-state index >= 15 is 0 Å². The fourth-order valence-electron chi connectivity index (χ4n) is 6.87. The highest BCUT2D eigenvalue weighted by molar-refractivity contribution is 4.98. The molecule has 0 aromatic carbocycles. The summed E-state index contributed by atoms with van der Waals surface area (Å²) in [5.74, 6) is 0. The molecule has 0 unspecified atom stereocenters. The molecule has 56 heavy (non-hydrogen) atoms. The van der Waals surface area contributed by atoms with E-state index in [4.69, 9.17) is 42.6 Å². The third kappa shape index (κ3) is 9.31. The van der Waals surface area contributed by atoms with Crippen LogP contribution in [0.3, 0.4) is 0 Å². The summed E-state index contributed by atoms with van der Waals surface area (Å²) in [5, 5.41) is 176. The van der Waals surface area contributed by atoms with Crippen molar-refractivity contribution >= 4 is 0 Å². The molecule has 5 heterocycles. The highest BCUT2D eigenvalue weighted by atomic mass is 16.8. The van der Waals surface area contributed by atoms with Crippen molar-refractivity contribution in [3.63, 3.8) is 0 Å². The molecule has 17 N–H and O–H groups in total. The molecule has 0 saturated carbocycles. The minimum atomic E-state index is -2.11. The lowest BCUT2D eigenvalue weighted by Gasteiger charge is -2.48. The van der Waals surface area contributed by atoms with Gasteiger partial charge in [0.25, 0.3) is 0 Å². The van der Waals surface area contributed by atoms with Gasteiger partial charge in [0.15, 0.2) is 31.5 Å². The fourth-order valence-corrected chi connectivity index (χ4v) is 6.87. The molecule has 0 aliphatic carbocycles. The molecule has 26 heteroatoms. The smallest absolute Gasteiger partial charge is 0.187 e. The average Bonchev–Trinajstić information content (AvgIpc) is 3.18. The first-order chi connectivity index (χ1) is 26.5. The van der Waals surface area contributed by atoms with Crippen LogP contribution >= 0.6 is 0 Å². The van der Waals surface area contributed by atoms with Crippen LogP contribution in [-0.4, -0.2) is 273 Å². The second kappa shape index (κ2) is 19.6. The van der Waals surface area contributed by atoms with Crippen LogP contribution in [0.2, 0.25) is 0 Å². The molecule has 5 fully saturated rings. The average molecular weight is 829 g/mol. The maximum absolute atomic E-state index is 11.1. The Morgan fingerprint density at radius 3 is 1.11 bits per heavy atom. The van der Waals surface area contributed by atoms with E-state index < -0.39 is 187 Å². The van der Waals surface area contributed by atoms with Crippen LogP contribution in [0.1, 0.15) is 0 Å². The first-order valence-electron chi connectivity index (χ1n) is 17.6. The normalized spacial score (nSPS) is 53.2. The van der Waals surface area contributed by atoms with Gasteiger partial charge in [0.05, 0.1) is 33.0 Å². The molecule has 5 saturated heterocycles. The first-order valence-corrected chi connectivity index (χ1v) is 17.6. The number of ether oxygens (including phenoxy) is 9. The molecule has 25 atom stereocenters. The lowest BCUT2D eigenvalue weighted by Crippen LogP contribution is -2.67. The molecule has 0 spiro atoms. The van der Waals surface area contributed by atoms with E-state index in [1.54, 1.807) is 0 Å². The molecule has 0 bridgehead atoms. The van der Waals surface area contributed by atoms with Gasteiger partial charge in [0.2, 0.25) is 0 Å². The van der Waals surface area contributed by atoms with E-state index in [9.17, 15) is 86.8 Å². The van der Waals surface area contributed by atoms with Gasteiger partial charge >= 0.3 is 0 Å². The maximum Gasteiger partial charge on any atom is 0.187 e. The summed E-state index contributed by atoms with van der Waals surface area (Å²) >= 11 is 0. The lowest BCUT2D eigenvalue weighted by molar-refractivity contribution is -0.396. The summed E-state index contributed by atoms with van der Waals surface area (Å²) in [7, 11) is 0. The van der Waals surface area contributed by atoms with Gasteiger partial charge in [-0.2, -0.15) is 0 Å². The third-order valence-corrected chi connectivity index (χ3v) is 10.3. The SMILES string of the molecule is OC[C@H]1O[C@H](O[C@@H]2[C@H](O)[C@H](O)O[C@H](CO[C@H]3O[C@H](CO)[C@@H](O)[C@H](O)[C@@H]3O[C@H]3O[C@H](CO)[C@@H](O)[C@H](O)[C@@H]3O[C@H]3O[C@H](CO)[C@@H](O)[C@H](O)[C@@H]3O)[C@H]2O)[C@@H](O)[C@@H](O)[C@@H]1O. The van der Waals surface area contributed by atoms with Gasteiger partial charge in [-0.05, 0) is 0 Å². The number of rotatable bonds is 13. The second-order valence-electron chi connectivity index (χ2n) is 14.0. The predicted octanol–water partition coefficient (Wildman–Crippen LogP) is -11.9. The largest absolute Gasteiger partial charge is 0.394 e. The topological polar surface area (TPSA) is 427 Å². The molecule has 5 rings (SSSR count). The zero-order chi connectivity index (χ0) is 41.3. The van der Waals surface area contributed by atoms with Crippen molar-refractivity contribution < 1.29 is 129 Å². The van der Waals surface area contributed by atoms with Gasteiger partial charge in [-0.25, -0.2) is 0 Å². The van der Waals surface area contributed by atoms with Gasteiger partial charge in [0, 0.05) is 0 Å². The Hall–Kier alpha value is -1.04. The Bertz CT molecular complexity index is 1200. The van der Waals surface area contributed by atoms with Gasteiger partial charge in [-0.15, -0.1) is 0 Å². The van der Waals surface area contributed by atoms with Crippen molar-refractivity contribution in [3.8, 4) is 0 Å². The lowest BCUT2D eigenvalue weighted by atomic mass is 9.96. The van der Waals surface area contributed by atoms with E-state index in [2.05, 4.69) is 0 Å². The van der Waals surface area contributed by atoms with Crippen molar-refractivity contribution in [2.45, 2.75) is 154 Å². The predicted molar refractivity (Wildman–Crippen MR) is 167 cm³/mol. The zero-order valence-electron chi connectivity index (χ0n) is 29.2. The standard InChI is InChI=1S/C30H52O26/c31-1-6-11(35)16(40)20(44)27(50-6)54-23-15(39)10(49-26(47)22(23)46)5-48-29-24(18(42)13(37)8(3-33)52-29)56-30-25(19(43)14(38)9(4-34)53-30)55-28-21(45)17(41)12(36)7(2-32)51-28/h6-47H,1-5H2/t6-,7-,8-,9-,10-,11-,12-,13-,14-,15-,16+,17+,18+,19+,20+,21+,22+,23+,24+,25+,26-,27-,28-,29+,30-/m1/s1. The van der Waals surface area contributed by atoms with Gasteiger partial charge < -0.3 is 129 Å².